The summed E-state index contributed by atoms with van der Waals surface area (Å²) in [7, 11) is -3.29. The van der Waals surface area contributed by atoms with Gasteiger partial charge in [0, 0.05) is 49.6 Å². The van der Waals surface area contributed by atoms with E-state index in [1.54, 1.807) is 0 Å². The number of nitrogens with one attached hydrogen (secondary N) is 1. The number of fused-ring (bicyclic) bond motifs is 1. The van der Waals surface area contributed by atoms with Crippen molar-refractivity contribution in [1.29, 1.82) is 0 Å². The van der Waals surface area contributed by atoms with Crippen LogP contribution in [0.1, 0.15) is 77.7 Å². The van der Waals surface area contributed by atoms with E-state index in [1.807, 2.05) is 25.1 Å². The Hall–Kier alpha value is -1.25. The van der Waals surface area contributed by atoms with Crippen LogP contribution in [0, 0.1) is 17.8 Å². The lowest BCUT2D eigenvalue weighted by atomic mass is 9.77. The summed E-state index contributed by atoms with van der Waals surface area (Å²) in [6.45, 7) is 8.74. The van der Waals surface area contributed by atoms with Crippen LogP contribution in [-0.4, -0.2) is 49.9 Å². The van der Waals surface area contributed by atoms with Gasteiger partial charge in [-0.3, -0.25) is 9.62 Å². The van der Waals surface area contributed by atoms with Crippen LogP contribution < -0.4 is 4.72 Å². The lowest BCUT2D eigenvalue weighted by Gasteiger charge is -2.50. The molecule has 8 heteroatoms. The number of halogens is 2. The number of benzene rings is 1. The fraction of sp³-hybridized carbons (Fsp3) is 0.778. The molecule has 1 N–H and O–H groups in total. The highest BCUT2D eigenvalue weighted by Gasteiger charge is 2.69. The minimum absolute atomic E-state index is 0.0445. The summed E-state index contributed by atoms with van der Waals surface area (Å²) in [6.07, 6.45) is 4.21. The third-order valence-corrected chi connectivity index (χ3v) is 11.4. The van der Waals surface area contributed by atoms with Gasteiger partial charge in [0.15, 0.2) is 0 Å². The average molecular weight is 511 g/mol. The second-order valence-electron chi connectivity index (χ2n) is 11.2. The Bertz CT molecular complexity index is 1020. The van der Waals surface area contributed by atoms with Gasteiger partial charge >= 0.3 is 0 Å². The molecule has 1 aliphatic heterocycles. The van der Waals surface area contributed by atoms with Crippen molar-refractivity contribution in [1.82, 2.24) is 4.90 Å². The van der Waals surface area contributed by atoms with Gasteiger partial charge in [-0.05, 0) is 75.0 Å². The van der Waals surface area contributed by atoms with Crippen LogP contribution in [-0.2, 0) is 20.2 Å². The predicted octanol–water partition coefficient (Wildman–Crippen LogP) is 5.77. The highest BCUT2D eigenvalue weighted by atomic mass is 32.2. The molecule has 5 nitrogen and oxygen atoms in total. The van der Waals surface area contributed by atoms with Gasteiger partial charge < -0.3 is 4.74 Å². The van der Waals surface area contributed by atoms with E-state index in [-0.39, 0.29) is 29.4 Å². The molecule has 1 heterocycles. The highest BCUT2D eigenvalue weighted by Crippen LogP contribution is 2.67. The standard InChI is InChI=1S/C27H40F2N2O3S/c1-4-26(20-8-7-9-21(16-20)30-35(32,33)22-10-11-22)23-17-31(18-24(23)26)27(5-2,34-6-3)19-12-14-25(28,29)15-13-19/h7-9,16,19,22-24,30H,4-6,10-15,17-18H2,1-3H3/t23-,24+,26?,27?. The second kappa shape index (κ2) is 8.95. The number of rotatable bonds is 10. The first kappa shape index (κ1) is 25.4. The van der Waals surface area contributed by atoms with E-state index < -0.39 is 21.7 Å². The van der Waals surface area contributed by atoms with Crippen LogP contribution in [0.3, 0.4) is 0 Å². The Morgan fingerprint density at radius 1 is 1.09 bits per heavy atom. The molecule has 1 aromatic rings. The molecule has 4 aliphatic rings. The Morgan fingerprint density at radius 2 is 1.74 bits per heavy atom. The molecule has 0 spiro atoms. The first-order valence-corrected chi connectivity index (χ1v) is 15.1. The Morgan fingerprint density at radius 3 is 2.29 bits per heavy atom. The van der Waals surface area contributed by atoms with Crippen molar-refractivity contribution in [2.45, 2.75) is 94.5 Å². The second-order valence-corrected chi connectivity index (χ2v) is 13.2. The van der Waals surface area contributed by atoms with E-state index in [9.17, 15) is 17.2 Å². The van der Waals surface area contributed by atoms with Gasteiger partial charge in [-0.15, -0.1) is 0 Å². The van der Waals surface area contributed by atoms with Crippen LogP contribution >= 0.6 is 0 Å². The fourth-order valence-corrected chi connectivity index (χ4v) is 8.90. The topological polar surface area (TPSA) is 58.6 Å². The summed E-state index contributed by atoms with van der Waals surface area (Å²) in [6, 6.07) is 7.97. The first-order valence-electron chi connectivity index (χ1n) is 13.5. The molecular weight excluding hydrogens is 470 g/mol. The summed E-state index contributed by atoms with van der Waals surface area (Å²) in [5.41, 5.74) is 1.44. The Labute approximate surface area is 209 Å². The SMILES string of the molecule is CCOC(CC)(C1CCC(F)(F)CC1)N1C[C@@H]2[C@H](C1)C2(CC)c1cccc(NS(=O)(=O)C2CC2)c1. The molecule has 0 amide bonds. The van der Waals surface area contributed by atoms with E-state index in [0.717, 1.165) is 38.8 Å². The molecule has 5 rings (SSSR count). The van der Waals surface area contributed by atoms with Gasteiger partial charge in [0.1, 0.15) is 5.72 Å². The van der Waals surface area contributed by atoms with Gasteiger partial charge in [-0.25, -0.2) is 17.2 Å². The van der Waals surface area contributed by atoms with Crippen molar-refractivity contribution < 1.29 is 21.9 Å². The van der Waals surface area contributed by atoms with E-state index in [0.29, 0.717) is 37.0 Å². The third-order valence-electron chi connectivity index (χ3n) is 9.53. The molecule has 35 heavy (non-hydrogen) atoms. The molecular formula is C27H40F2N2O3S. The van der Waals surface area contributed by atoms with Crippen molar-refractivity contribution >= 4 is 15.7 Å². The van der Waals surface area contributed by atoms with Crippen LogP contribution in [0.2, 0.25) is 0 Å². The Kier molecular flexibility index (Phi) is 6.49. The summed E-state index contributed by atoms with van der Waals surface area (Å²) in [5.74, 6) is -1.47. The normalized spacial score (nSPS) is 32.7. The number of nitrogens with zero attached hydrogens (tertiary/aromatic N) is 1. The molecule has 3 saturated carbocycles. The van der Waals surface area contributed by atoms with Crippen molar-refractivity contribution in [3.05, 3.63) is 29.8 Å². The van der Waals surface area contributed by atoms with E-state index in [1.165, 1.54) is 5.56 Å². The zero-order valence-corrected chi connectivity index (χ0v) is 22.0. The zero-order valence-electron chi connectivity index (χ0n) is 21.2. The van der Waals surface area contributed by atoms with Gasteiger partial charge in [0.05, 0.1) is 5.25 Å². The maximum Gasteiger partial charge on any atom is 0.248 e. The largest absolute Gasteiger partial charge is 0.360 e. The third kappa shape index (κ3) is 4.31. The number of ether oxygens (including phenoxy) is 1. The first-order chi connectivity index (χ1) is 16.6. The van der Waals surface area contributed by atoms with Gasteiger partial charge in [-0.1, -0.05) is 26.0 Å². The maximum atomic E-state index is 13.9. The van der Waals surface area contributed by atoms with Crippen molar-refractivity contribution in [2.24, 2.45) is 17.8 Å². The van der Waals surface area contributed by atoms with Crippen LogP contribution in [0.5, 0.6) is 0 Å². The highest BCUT2D eigenvalue weighted by molar-refractivity contribution is 7.93. The number of piperidine rings is 1. The number of sulfonamides is 1. The molecule has 196 valence electrons. The van der Waals surface area contributed by atoms with E-state index in [2.05, 4.69) is 29.5 Å². The van der Waals surface area contributed by atoms with Crippen LogP contribution in [0.15, 0.2) is 24.3 Å². The van der Waals surface area contributed by atoms with Gasteiger partial charge in [-0.2, -0.15) is 0 Å². The summed E-state index contributed by atoms with van der Waals surface area (Å²) < 4.78 is 62.0. The fourth-order valence-electron chi connectivity index (χ4n) is 7.52. The van der Waals surface area contributed by atoms with Crippen molar-refractivity contribution in [3.63, 3.8) is 0 Å². The predicted molar refractivity (Wildman–Crippen MR) is 134 cm³/mol. The maximum absolute atomic E-state index is 13.9. The molecule has 1 aromatic carbocycles. The summed E-state index contributed by atoms with van der Waals surface area (Å²) in [4.78, 5) is 2.47. The number of alkyl halides is 2. The minimum atomic E-state index is -3.29. The molecule has 0 aromatic heterocycles. The number of hydrogen-bond donors (Lipinski definition) is 1. The molecule has 3 aliphatic carbocycles. The number of hydrogen-bond acceptors (Lipinski definition) is 4. The zero-order chi connectivity index (χ0) is 25.1. The lowest BCUT2D eigenvalue weighted by Crippen LogP contribution is -2.57. The average Bonchev–Trinajstić information content (AvgIpc) is 3.73. The summed E-state index contributed by atoms with van der Waals surface area (Å²) >= 11 is 0. The molecule has 4 atom stereocenters. The van der Waals surface area contributed by atoms with Gasteiger partial charge in [0.2, 0.25) is 15.9 Å². The molecule has 0 bridgehead atoms. The quantitative estimate of drug-likeness (QED) is 0.434. The van der Waals surface area contributed by atoms with Crippen LogP contribution in [0.4, 0.5) is 14.5 Å². The number of likely N-dealkylation sites (tertiary alicyclic amines) is 1. The minimum Gasteiger partial charge on any atom is -0.360 e. The van der Waals surface area contributed by atoms with Crippen molar-refractivity contribution in [2.75, 3.05) is 24.4 Å². The van der Waals surface area contributed by atoms with Gasteiger partial charge in [0.25, 0.3) is 0 Å². The van der Waals surface area contributed by atoms with Crippen LogP contribution in [0.25, 0.3) is 0 Å². The smallest absolute Gasteiger partial charge is 0.248 e. The Balaban J connectivity index is 1.34. The molecule has 0 radical (unpaired) electrons. The molecule has 2 unspecified atom stereocenters. The monoisotopic (exact) mass is 510 g/mol. The van der Waals surface area contributed by atoms with Crippen molar-refractivity contribution in [3.8, 4) is 0 Å². The summed E-state index contributed by atoms with van der Waals surface area (Å²) in [5, 5.41) is -0.249. The van der Waals surface area contributed by atoms with E-state index in [4.69, 9.17) is 4.74 Å². The number of anilines is 1. The molecule has 1 saturated heterocycles. The molecule has 4 fully saturated rings. The van der Waals surface area contributed by atoms with E-state index >= 15 is 0 Å². The lowest BCUT2D eigenvalue weighted by molar-refractivity contribution is -0.206.